The zero-order chi connectivity index (χ0) is 28.2. The van der Waals surface area contributed by atoms with Gasteiger partial charge in [0.25, 0.3) is 0 Å². The molecule has 8 atom stereocenters. The maximum absolute atomic E-state index is 12.6. The highest BCUT2D eigenvalue weighted by molar-refractivity contribution is 5.68. The lowest BCUT2D eigenvalue weighted by atomic mass is 9.59. The molecule has 3 saturated carbocycles. The first kappa shape index (κ1) is 30.8. The number of aliphatic hydroxyl groups is 1. The molecule has 39 heavy (non-hydrogen) atoms. The van der Waals surface area contributed by atoms with Crippen LogP contribution in [0, 0.1) is 35.0 Å². The van der Waals surface area contributed by atoms with Crippen LogP contribution in [0.4, 0.5) is 4.79 Å². The predicted octanol–water partition coefficient (Wildman–Crippen LogP) is 6.61. The van der Waals surface area contributed by atoms with Crippen LogP contribution in [0.5, 0.6) is 0 Å². The number of carbonyl (C=O) groups is 1. The molecule has 1 saturated heterocycles. The first-order chi connectivity index (χ1) is 18.6. The third kappa shape index (κ3) is 7.40. The van der Waals surface area contributed by atoms with Crippen molar-refractivity contribution < 1.29 is 19.4 Å². The van der Waals surface area contributed by atoms with Crippen molar-refractivity contribution >= 4 is 6.09 Å². The normalized spacial score (nSPS) is 38.3. The first-order valence-electron chi connectivity index (χ1n) is 16.1. The lowest BCUT2D eigenvalue weighted by Crippen LogP contribution is -2.57. The molecule has 224 valence electrons. The van der Waals surface area contributed by atoms with Crippen LogP contribution in [0.3, 0.4) is 0 Å². The molecule has 1 heterocycles. The molecular weight excluding hydrogens is 488 g/mol. The standard InChI is InChI=1S/C33H58N2O4/c1-7-25-26(22(2)13-16-29(25)39-31(36)35-24-20-34-21-24)15-14-23-11-10-18-33(5)27(30(38-6)19-28(23)33)12-8-9-17-32(3,4)37/h7,22-24,26-30,34,37H,8-21H2,1-6H3,(H,35,36)/b25-7+/t22?,23-,26?,27?,28?,29-,30+,33+/m0/s1. The van der Waals surface area contributed by atoms with Gasteiger partial charge in [-0.3, -0.25) is 0 Å². The summed E-state index contributed by atoms with van der Waals surface area (Å²) in [5.41, 5.74) is 1.14. The summed E-state index contributed by atoms with van der Waals surface area (Å²) >= 11 is 0. The second-order valence-corrected chi connectivity index (χ2v) is 14.4. The highest BCUT2D eigenvalue weighted by Crippen LogP contribution is 2.60. The third-order valence-electron chi connectivity index (χ3n) is 11.3. The number of hydrogen-bond donors (Lipinski definition) is 3. The molecule has 1 aliphatic heterocycles. The summed E-state index contributed by atoms with van der Waals surface area (Å²) in [7, 11) is 1.92. The minimum Gasteiger partial charge on any atom is -0.442 e. The molecule has 0 spiro atoms. The van der Waals surface area contributed by atoms with E-state index in [1.54, 1.807) is 0 Å². The summed E-state index contributed by atoms with van der Waals surface area (Å²) in [6, 6.07) is 0.207. The summed E-state index contributed by atoms with van der Waals surface area (Å²) in [6.07, 6.45) is 16.3. The van der Waals surface area contributed by atoms with Gasteiger partial charge in [-0.15, -0.1) is 0 Å². The Hall–Kier alpha value is -1.11. The van der Waals surface area contributed by atoms with E-state index in [2.05, 4.69) is 37.5 Å². The first-order valence-corrected chi connectivity index (χ1v) is 16.1. The van der Waals surface area contributed by atoms with Crippen molar-refractivity contribution in [3.05, 3.63) is 11.6 Å². The molecule has 4 fully saturated rings. The summed E-state index contributed by atoms with van der Waals surface area (Å²) < 4.78 is 12.1. The van der Waals surface area contributed by atoms with Crippen molar-refractivity contribution in [2.45, 2.75) is 136 Å². The number of unbranched alkanes of at least 4 members (excludes halogenated alkanes) is 1. The molecule has 3 N–H and O–H groups in total. The Labute approximate surface area is 238 Å². The maximum Gasteiger partial charge on any atom is 0.408 e. The van der Waals surface area contributed by atoms with E-state index in [1.165, 1.54) is 56.9 Å². The van der Waals surface area contributed by atoms with E-state index in [-0.39, 0.29) is 18.2 Å². The zero-order valence-electron chi connectivity index (χ0n) is 25.8. The van der Waals surface area contributed by atoms with E-state index < -0.39 is 5.60 Å². The molecule has 4 unspecified atom stereocenters. The zero-order valence-corrected chi connectivity index (χ0v) is 25.8. The van der Waals surface area contributed by atoms with Crippen LogP contribution >= 0.6 is 0 Å². The highest BCUT2D eigenvalue weighted by Gasteiger charge is 2.55. The fourth-order valence-electron chi connectivity index (χ4n) is 8.92. The number of allylic oxidation sites excluding steroid dienone is 1. The quantitative estimate of drug-likeness (QED) is 0.201. The Balaban J connectivity index is 1.36. The van der Waals surface area contributed by atoms with Gasteiger partial charge in [-0.25, -0.2) is 4.79 Å². The smallest absolute Gasteiger partial charge is 0.408 e. The van der Waals surface area contributed by atoms with E-state index in [0.717, 1.165) is 50.6 Å². The lowest BCUT2D eigenvalue weighted by Gasteiger charge is -2.46. The summed E-state index contributed by atoms with van der Waals surface area (Å²) in [4.78, 5) is 12.6. The molecule has 0 aromatic heterocycles. The van der Waals surface area contributed by atoms with Gasteiger partial charge < -0.3 is 25.2 Å². The molecule has 4 rings (SSSR count). The average Bonchev–Trinajstić information content (AvgIpc) is 3.15. The predicted molar refractivity (Wildman–Crippen MR) is 158 cm³/mol. The van der Waals surface area contributed by atoms with Gasteiger partial charge in [-0.1, -0.05) is 45.6 Å². The number of ether oxygens (including phenoxy) is 2. The number of nitrogens with one attached hydrogen (secondary N) is 2. The Bertz CT molecular complexity index is 834. The van der Waals surface area contributed by atoms with Crippen LogP contribution in [0.15, 0.2) is 11.6 Å². The van der Waals surface area contributed by atoms with E-state index in [0.29, 0.717) is 29.3 Å². The Kier molecular flexibility index (Phi) is 10.5. The van der Waals surface area contributed by atoms with Gasteiger partial charge in [0.05, 0.1) is 17.7 Å². The van der Waals surface area contributed by atoms with Gasteiger partial charge >= 0.3 is 6.09 Å². The molecule has 6 heteroatoms. The molecule has 1 amide bonds. The van der Waals surface area contributed by atoms with Crippen LogP contribution < -0.4 is 10.6 Å². The summed E-state index contributed by atoms with van der Waals surface area (Å²) in [6.45, 7) is 12.6. The van der Waals surface area contributed by atoms with Crippen LogP contribution in [0.25, 0.3) is 0 Å². The number of hydrogen-bond acceptors (Lipinski definition) is 5. The van der Waals surface area contributed by atoms with Gasteiger partial charge in [-0.05, 0) is 113 Å². The second kappa shape index (κ2) is 13.2. The van der Waals surface area contributed by atoms with Crippen molar-refractivity contribution in [3.8, 4) is 0 Å². The van der Waals surface area contributed by atoms with Crippen molar-refractivity contribution in [1.29, 1.82) is 0 Å². The van der Waals surface area contributed by atoms with Gasteiger partial charge in [0.15, 0.2) is 0 Å². The largest absolute Gasteiger partial charge is 0.442 e. The molecule has 6 nitrogen and oxygen atoms in total. The van der Waals surface area contributed by atoms with Crippen LogP contribution in [-0.2, 0) is 9.47 Å². The van der Waals surface area contributed by atoms with Gasteiger partial charge in [0, 0.05) is 20.2 Å². The highest BCUT2D eigenvalue weighted by atomic mass is 16.6. The molecule has 0 radical (unpaired) electrons. The van der Waals surface area contributed by atoms with Crippen LogP contribution in [0.1, 0.15) is 112 Å². The fourth-order valence-corrected chi connectivity index (χ4v) is 8.92. The van der Waals surface area contributed by atoms with Crippen molar-refractivity contribution in [2.75, 3.05) is 20.2 Å². The molecule has 0 aromatic rings. The number of alkyl carbamates (subject to hydrolysis) is 1. The SMILES string of the molecule is C/C=C1\C(CC[C@@H]2CCC[C@@]3(C)C2C[C@@H](OC)C3CCCCC(C)(C)O)C(C)CC[C@@H]1OC(=O)NC1CNC1. The van der Waals surface area contributed by atoms with Gasteiger partial charge in [0.1, 0.15) is 6.10 Å². The number of rotatable bonds is 11. The molecule has 4 aliphatic rings. The minimum atomic E-state index is -0.567. The van der Waals surface area contributed by atoms with E-state index in [9.17, 15) is 9.90 Å². The van der Waals surface area contributed by atoms with E-state index >= 15 is 0 Å². The van der Waals surface area contributed by atoms with Crippen molar-refractivity contribution in [2.24, 2.45) is 35.0 Å². The van der Waals surface area contributed by atoms with Gasteiger partial charge in [0.2, 0.25) is 0 Å². The fraction of sp³-hybridized carbons (Fsp3) is 0.909. The lowest BCUT2D eigenvalue weighted by molar-refractivity contribution is 0.00723. The molecule has 3 aliphatic carbocycles. The van der Waals surface area contributed by atoms with E-state index in [1.807, 2.05) is 21.0 Å². The van der Waals surface area contributed by atoms with Crippen LogP contribution in [0.2, 0.25) is 0 Å². The van der Waals surface area contributed by atoms with Crippen molar-refractivity contribution in [3.63, 3.8) is 0 Å². The molecular formula is C33H58N2O4. The summed E-state index contributed by atoms with van der Waals surface area (Å²) in [5.74, 6) is 3.24. The maximum atomic E-state index is 12.6. The Morgan fingerprint density at radius 2 is 1.95 bits per heavy atom. The number of methoxy groups -OCH3 is 1. The Morgan fingerprint density at radius 3 is 2.59 bits per heavy atom. The third-order valence-corrected chi connectivity index (χ3v) is 11.3. The number of carbonyl (C=O) groups excluding carboxylic acids is 1. The van der Waals surface area contributed by atoms with Crippen molar-refractivity contribution in [1.82, 2.24) is 10.6 Å². The van der Waals surface area contributed by atoms with Gasteiger partial charge in [-0.2, -0.15) is 0 Å². The minimum absolute atomic E-state index is 0.0847. The Morgan fingerprint density at radius 1 is 1.18 bits per heavy atom. The number of fused-ring (bicyclic) bond motifs is 1. The monoisotopic (exact) mass is 546 g/mol. The van der Waals surface area contributed by atoms with E-state index in [4.69, 9.17) is 9.47 Å². The second-order valence-electron chi connectivity index (χ2n) is 14.4. The number of amides is 1. The molecule has 0 aromatic carbocycles. The summed E-state index contributed by atoms with van der Waals surface area (Å²) in [5, 5.41) is 16.4. The van der Waals surface area contributed by atoms with Crippen LogP contribution in [-0.4, -0.2) is 55.2 Å². The molecule has 0 bridgehead atoms. The topological polar surface area (TPSA) is 79.8 Å². The average molecular weight is 547 g/mol.